The molecule has 1 aromatic rings. The fraction of sp³-hybridized carbons (Fsp3) is 0.679. The van der Waals surface area contributed by atoms with Gasteiger partial charge in [0.25, 0.3) is 0 Å². The van der Waals surface area contributed by atoms with E-state index in [0.29, 0.717) is 39.3 Å². The lowest BCUT2D eigenvalue weighted by atomic mass is 9.67. The van der Waals surface area contributed by atoms with Gasteiger partial charge in [-0.1, -0.05) is 49.6 Å². The molecule has 4 rings (SSSR count). The fourth-order valence-electron chi connectivity index (χ4n) is 6.08. The Bertz CT molecular complexity index is 920. The van der Waals surface area contributed by atoms with E-state index < -0.39 is 11.0 Å². The van der Waals surface area contributed by atoms with Gasteiger partial charge in [0.2, 0.25) is 11.8 Å². The quantitative estimate of drug-likeness (QED) is 0.644. The molecule has 2 saturated heterocycles. The van der Waals surface area contributed by atoms with Crippen LogP contribution in [0.15, 0.2) is 30.3 Å². The molecular weight excluding hydrogens is 440 g/mol. The van der Waals surface area contributed by atoms with E-state index in [1.165, 1.54) is 12.0 Å². The summed E-state index contributed by atoms with van der Waals surface area (Å²) in [5.41, 5.74) is -0.549. The number of carbonyl (C=O) groups is 2. The van der Waals surface area contributed by atoms with Gasteiger partial charge < -0.3 is 15.0 Å². The first-order valence-electron chi connectivity index (χ1n) is 13.3. The van der Waals surface area contributed by atoms with Gasteiger partial charge in [0.15, 0.2) is 0 Å². The molecule has 7 heteroatoms. The highest BCUT2D eigenvalue weighted by Gasteiger charge is 2.49. The second kappa shape index (κ2) is 11.1. The molecule has 3 unspecified atom stereocenters. The molecule has 2 heterocycles. The third-order valence-electron chi connectivity index (χ3n) is 8.60. The molecule has 1 N–H and O–H groups in total. The number of nitrogens with one attached hydrogen (secondary N) is 1. The highest BCUT2D eigenvalue weighted by Crippen LogP contribution is 2.42. The van der Waals surface area contributed by atoms with Crippen LogP contribution in [0.2, 0.25) is 0 Å². The van der Waals surface area contributed by atoms with Crippen LogP contribution in [0.3, 0.4) is 0 Å². The van der Waals surface area contributed by atoms with Crippen molar-refractivity contribution < 1.29 is 14.3 Å². The summed E-state index contributed by atoms with van der Waals surface area (Å²) in [5.74, 6) is 0.0350. The number of likely N-dealkylation sites (tertiary alicyclic amines) is 1. The van der Waals surface area contributed by atoms with Gasteiger partial charge >= 0.3 is 0 Å². The summed E-state index contributed by atoms with van der Waals surface area (Å²) in [4.78, 5) is 31.3. The van der Waals surface area contributed by atoms with Gasteiger partial charge in [0, 0.05) is 38.6 Å². The van der Waals surface area contributed by atoms with Crippen LogP contribution < -0.4 is 5.32 Å². The molecule has 0 spiro atoms. The average Bonchev–Trinajstić information content (AvgIpc) is 3.34. The van der Waals surface area contributed by atoms with E-state index >= 15 is 0 Å². The van der Waals surface area contributed by atoms with Gasteiger partial charge in [-0.05, 0) is 44.6 Å². The first-order chi connectivity index (χ1) is 16.9. The summed E-state index contributed by atoms with van der Waals surface area (Å²) in [6.07, 6.45) is 6.05. The van der Waals surface area contributed by atoms with Gasteiger partial charge in [-0.15, -0.1) is 0 Å². The Morgan fingerprint density at radius 2 is 1.86 bits per heavy atom. The number of benzene rings is 1. The molecule has 190 valence electrons. The molecular formula is C28H40N4O3. The van der Waals surface area contributed by atoms with Crippen LogP contribution >= 0.6 is 0 Å². The van der Waals surface area contributed by atoms with Crippen molar-refractivity contribution in [3.8, 4) is 6.07 Å². The van der Waals surface area contributed by atoms with E-state index in [1.54, 1.807) is 0 Å². The van der Waals surface area contributed by atoms with Crippen LogP contribution in [0.5, 0.6) is 0 Å². The van der Waals surface area contributed by atoms with Crippen LogP contribution in [-0.2, 0) is 14.3 Å². The van der Waals surface area contributed by atoms with Crippen molar-refractivity contribution in [2.45, 2.75) is 70.4 Å². The molecule has 1 aromatic carbocycles. The number of nitrogens with zero attached hydrogens (tertiary/aromatic N) is 3. The predicted molar refractivity (Wildman–Crippen MR) is 134 cm³/mol. The first kappa shape index (κ1) is 25.7. The predicted octanol–water partition coefficient (Wildman–Crippen LogP) is 3.67. The number of morpholine rings is 1. The van der Waals surface area contributed by atoms with Gasteiger partial charge in [-0.2, -0.15) is 5.26 Å². The van der Waals surface area contributed by atoms with Crippen LogP contribution in [-0.4, -0.2) is 66.5 Å². The molecule has 2 aliphatic heterocycles. The van der Waals surface area contributed by atoms with Crippen LogP contribution in [0.1, 0.15) is 70.4 Å². The number of rotatable bonds is 7. The van der Waals surface area contributed by atoms with E-state index in [0.717, 1.165) is 32.2 Å². The van der Waals surface area contributed by atoms with Crippen LogP contribution in [0.4, 0.5) is 0 Å². The first-order valence-corrected chi connectivity index (χ1v) is 13.3. The van der Waals surface area contributed by atoms with Crippen molar-refractivity contribution >= 4 is 11.8 Å². The van der Waals surface area contributed by atoms with Crippen molar-refractivity contribution in [3.63, 3.8) is 0 Å². The minimum atomic E-state index is -0.932. The lowest BCUT2D eigenvalue weighted by Gasteiger charge is -2.41. The SMILES string of the molecule is CC(c1ccccc1)N1CCC(C#N)(NC(=O)C(C)(CC(=O)N2CCOCC2)C2CCCCC2)C1. The molecule has 3 atom stereocenters. The summed E-state index contributed by atoms with van der Waals surface area (Å²) in [5, 5.41) is 13.4. The number of hydrogen-bond donors (Lipinski definition) is 1. The Balaban J connectivity index is 1.50. The molecule has 1 saturated carbocycles. The minimum Gasteiger partial charge on any atom is -0.378 e. The smallest absolute Gasteiger partial charge is 0.228 e. The lowest BCUT2D eigenvalue weighted by Crippen LogP contribution is -2.57. The number of hydrogen-bond acceptors (Lipinski definition) is 5. The molecule has 35 heavy (non-hydrogen) atoms. The highest BCUT2D eigenvalue weighted by atomic mass is 16.5. The molecule has 1 aliphatic carbocycles. The zero-order chi connectivity index (χ0) is 24.9. The Morgan fingerprint density at radius 1 is 1.17 bits per heavy atom. The van der Waals surface area contributed by atoms with Crippen molar-refractivity contribution in [2.75, 3.05) is 39.4 Å². The largest absolute Gasteiger partial charge is 0.378 e. The second-order valence-corrected chi connectivity index (χ2v) is 10.9. The topological polar surface area (TPSA) is 85.7 Å². The summed E-state index contributed by atoms with van der Waals surface area (Å²) < 4.78 is 5.41. The van der Waals surface area contributed by atoms with E-state index in [2.05, 4.69) is 35.3 Å². The van der Waals surface area contributed by atoms with Crippen LogP contribution in [0.25, 0.3) is 0 Å². The lowest BCUT2D eigenvalue weighted by molar-refractivity contribution is -0.147. The number of carbonyl (C=O) groups excluding carboxylic acids is 2. The summed E-state index contributed by atoms with van der Waals surface area (Å²) in [7, 11) is 0. The van der Waals surface area contributed by atoms with Crippen LogP contribution in [0, 0.1) is 22.7 Å². The minimum absolute atomic E-state index is 0.0216. The van der Waals surface area contributed by atoms with Gasteiger partial charge in [0.1, 0.15) is 5.54 Å². The summed E-state index contributed by atoms with van der Waals surface area (Å²) in [6, 6.07) is 12.9. The van der Waals surface area contributed by atoms with E-state index in [1.807, 2.05) is 30.0 Å². The maximum Gasteiger partial charge on any atom is 0.228 e. The van der Waals surface area contributed by atoms with E-state index in [-0.39, 0.29) is 30.2 Å². The average molecular weight is 481 g/mol. The molecule has 2 amide bonds. The maximum absolute atomic E-state index is 14.0. The van der Waals surface area contributed by atoms with Crippen molar-refractivity contribution in [3.05, 3.63) is 35.9 Å². The third-order valence-corrected chi connectivity index (χ3v) is 8.60. The Hall–Kier alpha value is -2.43. The van der Waals surface area contributed by atoms with Crippen molar-refractivity contribution in [1.29, 1.82) is 5.26 Å². The molecule has 3 fully saturated rings. The highest BCUT2D eigenvalue weighted by molar-refractivity contribution is 5.89. The van der Waals surface area contributed by atoms with Crippen molar-refractivity contribution in [1.82, 2.24) is 15.1 Å². The second-order valence-electron chi connectivity index (χ2n) is 10.9. The molecule has 0 radical (unpaired) electrons. The third kappa shape index (κ3) is 5.70. The van der Waals surface area contributed by atoms with Gasteiger partial charge in [0.05, 0.1) is 24.7 Å². The zero-order valence-corrected chi connectivity index (χ0v) is 21.3. The molecule has 7 nitrogen and oxygen atoms in total. The van der Waals surface area contributed by atoms with Crippen molar-refractivity contribution in [2.24, 2.45) is 11.3 Å². The summed E-state index contributed by atoms with van der Waals surface area (Å²) in [6.45, 7) is 7.60. The number of nitriles is 1. The molecule has 0 bridgehead atoms. The summed E-state index contributed by atoms with van der Waals surface area (Å²) >= 11 is 0. The zero-order valence-electron chi connectivity index (χ0n) is 21.3. The Morgan fingerprint density at radius 3 is 2.51 bits per heavy atom. The fourth-order valence-corrected chi connectivity index (χ4v) is 6.08. The Labute approximate surface area is 209 Å². The van der Waals surface area contributed by atoms with E-state index in [9.17, 15) is 14.9 Å². The number of amides is 2. The standard InChI is InChI=1S/C28H40N4O3/c1-22(23-9-5-3-6-10-23)32-14-13-28(20-29,21-32)30-26(34)27(2,24-11-7-4-8-12-24)19-25(33)31-15-17-35-18-16-31/h3,5-6,9-10,22,24H,4,7-8,11-19,21H2,1-2H3,(H,30,34). The Kier molecular flexibility index (Phi) is 8.13. The number of ether oxygens (including phenoxy) is 1. The van der Waals surface area contributed by atoms with Gasteiger partial charge in [-0.3, -0.25) is 14.5 Å². The van der Waals surface area contributed by atoms with Gasteiger partial charge in [-0.25, -0.2) is 0 Å². The maximum atomic E-state index is 14.0. The monoisotopic (exact) mass is 480 g/mol. The molecule has 3 aliphatic rings. The normalized spacial score (nSPS) is 26.5. The molecule has 0 aromatic heterocycles. The van der Waals surface area contributed by atoms with E-state index in [4.69, 9.17) is 4.74 Å².